The second-order valence-electron chi connectivity index (χ2n) is 8.20. The molecule has 0 spiro atoms. The van der Waals surface area contributed by atoms with E-state index in [4.69, 9.17) is 4.74 Å². The number of benzene rings is 2. The fraction of sp³-hybridized carbons (Fsp3) is 0.154. The Hall–Kier alpha value is -4.66. The van der Waals surface area contributed by atoms with Crippen LogP contribution in [-0.2, 0) is 6.54 Å². The van der Waals surface area contributed by atoms with Gasteiger partial charge in [0.15, 0.2) is 0 Å². The molecule has 5 rings (SSSR count). The summed E-state index contributed by atoms with van der Waals surface area (Å²) >= 11 is 0. The van der Waals surface area contributed by atoms with Gasteiger partial charge in [0, 0.05) is 35.1 Å². The van der Waals surface area contributed by atoms with E-state index in [0.717, 1.165) is 28.1 Å². The Morgan fingerprint density at radius 3 is 2.74 bits per heavy atom. The number of aromatic nitrogens is 5. The molecular formula is C26H24N6O3. The molecule has 3 aromatic heterocycles. The number of phenolic OH excluding ortho intramolecular Hbond substituents is 1. The molecule has 35 heavy (non-hydrogen) atoms. The first-order valence-electron chi connectivity index (χ1n) is 11.1. The molecule has 2 aromatic carbocycles. The number of pyridine rings is 1. The van der Waals surface area contributed by atoms with Crippen LogP contribution in [0.4, 0.5) is 0 Å². The number of aromatic hydroxyl groups is 1. The zero-order chi connectivity index (χ0) is 24.5. The van der Waals surface area contributed by atoms with Crippen molar-refractivity contribution in [2.24, 2.45) is 0 Å². The fourth-order valence-electron chi connectivity index (χ4n) is 4.05. The summed E-state index contributed by atoms with van der Waals surface area (Å²) in [5.74, 6) is 0.866. The van der Waals surface area contributed by atoms with E-state index in [9.17, 15) is 9.90 Å². The SMILES string of the molecule is COc1ncccc1-c1ccc(O)c(-c2nc3ccc(C(=O)NCc4c(C)n[nH]c4C)cc3[nH]2)c1. The van der Waals surface area contributed by atoms with Crippen LogP contribution in [0.3, 0.4) is 0 Å². The van der Waals surface area contributed by atoms with Gasteiger partial charge in [-0.3, -0.25) is 9.89 Å². The molecule has 0 unspecified atom stereocenters. The number of fused-ring (bicyclic) bond motifs is 1. The number of nitrogens with one attached hydrogen (secondary N) is 3. The van der Waals surface area contributed by atoms with E-state index in [-0.39, 0.29) is 11.7 Å². The van der Waals surface area contributed by atoms with Crippen LogP contribution in [0.15, 0.2) is 54.7 Å². The van der Waals surface area contributed by atoms with Crippen molar-refractivity contribution in [1.82, 2.24) is 30.5 Å². The van der Waals surface area contributed by atoms with Crippen LogP contribution in [0.2, 0.25) is 0 Å². The van der Waals surface area contributed by atoms with E-state index in [1.54, 1.807) is 43.6 Å². The number of amides is 1. The highest BCUT2D eigenvalue weighted by molar-refractivity contribution is 5.97. The minimum Gasteiger partial charge on any atom is -0.507 e. The Balaban J connectivity index is 1.44. The lowest BCUT2D eigenvalue weighted by molar-refractivity contribution is 0.0951. The van der Waals surface area contributed by atoms with E-state index in [1.165, 1.54) is 0 Å². The van der Waals surface area contributed by atoms with Crippen molar-refractivity contribution < 1.29 is 14.6 Å². The van der Waals surface area contributed by atoms with Gasteiger partial charge >= 0.3 is 0 Å². The third-order valence-electron chi connectivity index (χ3n) is 5.98. The van der Waals surface area contributed by atoms with E-state index >= 15 is 0 Å². The summed E-state index contributed by atoms with van der Waals surface area (Å²) in [4.78, 5) is 24.9. The van der Waals surface area contributed by atoms with E-state index in [2.05, 4.69) is 30.5 Å². The number of methoxy groups -OCH3 is 1. The van der Waals surface area contributed by atoms with E-state index < -0.39 is 0 Å². The van der Waals surface area contributed by atoms with Crippen molar-refractivity contribution in [3.8, 4) is 34.1 Å². The number of hydrogen-bond acceptors (Lipinski definition) is 6. The average molecular weight is 469 g/mol. The molecule has 0 saturated heterocycles. The van der Waals surface area contributed by atoms with Crippen LogP contribution in [0.25, 0.3) is 33.5 Å². The highest BCUT2D eigenvalue weighted by atomic mass is 16.5. The minimum atomic E-state index is -0.198. The van der Waals surface area contributed by atoms with Crippen molar-refractivity contribution in [3.63, 3.8) is 0 Å². The topological polar surface area (TPSA) is 129 Å². The number of aryl methyl sites for hydroxylation is 2. The molecule has 0 radical (unpaired) electrons. The zero-order valence-electron chi connectivity index (χ0n) is 19.5. The average Bonchev–Trinajstić information content (AvgIpc) is 3.44. The summed E-state index contributed by atoms with van der Waals surface area (Å²) in [6.07, 6.45) is 1.66. The van der Waals surface area contributed by atoms with Crippen LogP contribution in [0.5, 0.6) is 11.6 Å². The molecule has 9 nitrogen and oxygen atoms in total. The number of H-pyrrole nitrogens is 2. The number of carbonyl (C=O) groups is 1. The van der Waals surface area contributed by atoms with Gasteiger partial charge in [-0.15, -0.1) is 0 Å². The molecule has 9 heteroatoms. The fourth-order valence-corrected chi connectivity index (χ4v) is 4.05. The Morgan fingerprint density at radius 1 is 1.11 bits per heavy atom. The maximum atomic E-state index is 12.8. The number of rotatable bonds is 6. The highest BCUT2D eigenvalue weighted by Gasteiger charge is 2.16. The predicted molar refractivity (Wildman–Crippen MR) is 132 cm³/mol. The molecule has 4 N–H and O–H groups in total. The van der Waals surface area contributed by atoms with Crippen LogP contribution in [0, 0.1) is 13.8 Å². The minimum absolute atomic E-state index is 0.0829. The van der Waals surface area contributed by atoms with Gasteiger partial charge in [-0.05, 0) is 61.9 Å². The number of hydrogen-bond donors (Lipinski definition) is 4. The Kier molecular flexibility index (Phi) is 5.66. The third kappa shape index (κ3) is 4.19. The molecule has 3 heterocycles. The normalized spacial score (nSPS) is 11.1. The summed E-state index contributed by atoms with van der Waals surface area (Å²) in [5.41, 5.74) is 6.80. The summed E-state index contributed by atoms with van der Waals surface area (Å²) in [6, 6.07) is 14.2. The predicted octanol–water partition coefficient (Wildman–Crippen LogP) is 4.28. The molecule has 0 bridgehead atoms. The van der Waals surface area contributed by atoms with Crippen LogP contribution >= 0.6 is 0 Å². The maximum Gasteiger partial charge on any atom is 0.251 e. The number of phenols is 1. The van der Waals surface area contributed by atoms with Crippen molar-refractivity contribution in [3.05, 3.63) is 77.2 Å². The van der Waals surface area contributed by atoms with Crippen molar-refractivity contribution in [2.45, 2.75) is 20.4 Å². The van der Waals surface area contributed by atoms with Gasteiger partial charge in [-0.25, -0.2) is 9.97 Å². The summed E-state index contributed by atoms with van der Waals surface area (Å²) in [7, 11) is 1.57. The molecule has 0 fully saturated rings. The second kappa shape index (κ2) is 8.94. The molecule has 0 aliphatic carbocycles. The largest absolute Gasteiger partial charge is 0.507 e. The van der Waals surface area contributed by atoms with Gasteiger partial charge in [-0.2, -0.15) is 5.10 Å². The Morgan fingerprint density at radius 2 is 1.97 bits per heavy atom. The number of aromatic amines is 2. The molecule has 1 amide bonds. The van der Waals surface area contributed by atoms with Gasteiger partial charge in [0.1, 0.15) is 11.6 Å². The molecule has 0 aliphatic heterocycles. The number of nitrogens with zero attached hydrogens (tertiary/aromatic N) is 3. The van der Waals surface area contributed by atoms with E-state index in [1.807, 2.05) is 32.0 Å². The van der Waals surface area contributed by atoms with Crippen LogP contribution in [-0.4, -0.2) is 43.3 Å². The quantitative estimate of drug-likeness (QED) is 0.294. The van der Waals surface area contributed by atoms with Crippen LogP contribution < -0.4 is 10.1 Å². The number of carbonyl (C=O) groups excluding carboxylic acids is 1. The third-order valence-corrected chi connectivity index (χ3v) is 5.98. The standard InChI is InChI=1S/C26H24N6O3/c1-14-20(15(2)32-31-14)13-28-25(34)17-6-8-21-22(12-17)30-24(29-21)19-11-16(7-9-23(19)33)18-5-4-10-27-26(18)35-3/h4-12,33H,13H2,1-3H3,(H,28,34)(H,29,30)(H,31,32). The Labute approximate surface area is 201 Å². The molecule has 0 saturated carbocycles. The van der Waals surface area contributed by atoms with Gasteiger partial charge in [0.2, 0.25) is 5.88 Å². The summed E-state index contributed by atoms with van der Waals surface area (Å²) in [5, 5.41) is 20.6. The van der Waals surface area contributed by atoms with Gasteiger partial charge in [-0.1, -0.05) is 6.07 Å². The van der Waals surface area contributed by atoms with Gasteiger partial charge in [0.25, 0.3) is 5.91 Å². The maximum absolute atomic E-state index is 12.8. The first-order chi connectivity index (χ1) is 16.9. The number of imidazole rings is 1. The lowest BCUT2D eigenvalue weighted by Gasteiger charge is -2.09. The molecule has 176 valence electrons. The van der Waals surface area contributed by atoms with Gasteiger partial charge in [0.05, 0.1) is 29.4 Å². The van der Waals surface area contributed by atoms with Crippen molar-refractivity contribution in [2.75, 3.05) is 7.11 Å². The molecular weight excluding hydrogens is 444 g/mol. The Bertz CT molecular complexity index is 1530. The first-order valence-corrected chi connectivity index (χ1v) is 11.1. The number of ether oxygens (including phenoxy) is 1. The van der Waals surface area contributed by atoms with Crippen molar-refractivity contribution in [1.29, 1.82) is 0 Å². The zero-order valence-corrected chi connectivity index (χ0v) is 19.5. The summed E-state index contributed by atoms with van der Waals surface area (Å²) in [6.45, 7) is 4.21. The van der Waals surface area contributed by atoms with E-state index in [0.29, 0.717) is 40.4 Å². The molecule has 5 aromatic rings. The lowest BCUT2D eigenvalue weighted by atomic mass is 10.0. The monoisotopic (exact) mass is 468 g/mol. The molecule has 0 aliphatic rings. The molecule has 0 atom stereocenters. The van der Waals surface area contributed by atoms with Crippen molar-refractivity contribution >= 4 is 16.9 Å². The van der Waals surface area contributed by atoms with Crippen LogP contribution in [0.1, 0.15) is 27.3 Å². The lowest BCUT2D eigenvalue weighted by Crippen LogP contribution is -2.23. The highest BCUT2D eigenvalue weighted by Crippen LogP contribution is 2.35. The smallest absolute Gasteiger partial charge is 0.251 e. The summed E-state index contributed by atoms with van der Waals surface area (Å²) < 4.78 is 5.38. The second-order valence-corrected chi connectivity index (χ2v) is 8.20. The first kappa shape index (κ1) is 22.1. The van der Waals surface area contributed by atoms with Gasteiger partial charge < -0.3 is 20.1 Å².